The highest BCUT2D eigenvalue weighted by atomic mass is 35.5. The largest absolute Gasteiger partial charge is 0.459 e. The maximum absolute atomic E-state index is 11.5. The highest BCUT2D eigenvalue weighted by Gasteiger charge is 2.17. The van der Waals surface area contributed by atoms with E-state index in [4.69, 9.17) is 16.3 Å². The summed E-state index contributed by atoms with van der Waals surface area (Å²) < 4.78 is 4.91. The summed E-state index contributed by atoms with van der Waals surface area (Å²) in [7, 11) is 0. The van der Waals surface area contributed by atoms with Crippen LogP contribution in [0.2, 0.25) is 5.02 Å². The minimum atomic E-state index is -0.644. The number of rotatable bonds is 3. The predicted octanol–water partition coefficient (Wildman–Crippen LogP) is 2.81. The number of carbonyl (C=O) groups is 1. The summed E-state index contributed by atoms with van der Waals surface area (Å²) in [5.74, 6) is -0.602. The Kier molecular flexibility index (Phi) is 3.84. The van der Waals surface area contributed by atoms with E-state index in [0.717, 1.165) is 6.07 Å². The Morgan fingerprint density at radius 1 is 1.50 bits per heavy atom. The fraction of sp³-hybridized carbons (Fsp3) is 0.300. The van der Waals surface area contributed by atoms with Gasteiger partial charge in [-0.25, -0.2) is 4.79 Å². The molecule has 0 aliphatic carbocycles. The van der Waals surface area contributed by atoms with Crippen LogP contribution in [0.25, 0.3) is 0 Å². The molecule has 5 nitrogen and oxygen atoms in total. The summed E-state index contributed by atoms with van der Waals surface area (Å²) in [5, 5.41) is 10.6. The molecule has 0 saturated carbocycles. The van der Waals surface area contributed by atoms with Crippen molar-refractivity contribution in [3.05, 3.63) is 38.9 Å². The number of hydrogen-bond donors (Lipinski definition) is 0. The number of ether oxygens (including phenoxy) is 1. The molecular weight excluding hydrogens is 234 g/mol. The number of nitro groups is 1. The SMILES string of the molecule is CC(C)OC(=O)c1ccc(Cl)c([N+](=O)[O-])c1. The molecule has 1 aromatic carbocycles. The predicted molar refractivity (Wildman–Crippen MR) is 58.7 cm³/mol. The lowest BCUT2D eigenvalue weighted by Gasteiger charge is -2.07. The molecule has 0 bridgehead atoms. The molecule has 0 unspecified atom stereocenters. The Balaban J connectivity index is 3.03. The zero-order valence-corrected chi connectivity index (χ0v) is 9.52. The monoisotopic (exact) mass is 243 g/mol. The van der Waals surface area contributed by atoms with Gasteiger partial charge in [-0.2, -0.15) is 0 Å². The molecule has 1 rings (SSSR count). The highest BCUT2D eigenvalue weighted by Crippen LogP contribution is 2.25. The third-order valence-corrected chi connectivity index (χ3v) is 2.04. The number of carbonyl (C=O) groups excluding carboxylic acids is 1. The molecule has 0 heterocycles. The molecule has 0 saturated heterocycles. The van der Waals surface area contributed by atoms with Crippen LogP contribution < -0.4 is 0 Å². The van der Waals surface area contributed by atoms with Crippen molar-refractivity contribution < 1.29 is 14.5 Å². The zero-order valence-electron chi connectivity index (χ0n) is 8.77. The summed E-state index contributed by atoms with van der Waals surface area (Å²) in [4.78, 5) is 21.4. The minimum Gasteiger partial charge on any atom is -0.459 e. The van der Waals surface area contributed by atoms with E-state index in [1.807, 2.05) is 0 Å². The molecule has 0 aliphatic rings. The van der Waals surface area contributed by atoms with Crippen LogP contribution in [-0.4, -0.2) is 17.0 Å². The van der Waals surface area contributed by atoms with Crippen molar-refractivity contribution in [1.82, 2.24) is 0 Å². The summed E-state index contributed by atoms with van der Waals surface area (Å²) in [6, 6.07) is 3.80. The van der Waals surface area contributed by atoms with Gasteiger partial charge in [0.15, 0.2) is 0 Å². The van der Waals surface area contributed by atoms with Crippen LogP contribution in [0.4, 0.5) is 5.69 Å². The molecule has 0 aliphatic heterocycles. The summed E-state index contributed by atoms with van der Waals surface area (Å²) in [6.45, 7) is 3.39. The minimum absolute atomic E-state index is 0.00824. The molecule has 0 fully saturated rings. The first kappa shape index (κ1) is 12.4. The zero-order chi connectivity index (χ0) is 12.3. The van der Waals surface area contributed by atoms with Gasteiger partial charge in [-0.15, -0.1) is 0 Å². The molecule has 0 aromatic heterocycles. The fourth-order valence-corrected chi connectivity index (χ4v) is 1.25. The topological polar surface area (TPSA) is 69.4 Å². The van der Waals surface area contributed by atoms with Gasteiger partial charge in [0.25, 0.3) is 5.69 Å². The molecule has 86 valence electrons. The van der Waals surface area contributed by atoms with E-state index in [1.165, 1.54) is 12.1 Å². The van der Waals surface area contributed by atoms with E-state index in [0.29, 0.717) is 0 Å². The molecule has 6 heteroatoms. The Hall–Kier alpha value is -1.62. The van der Waals surface area contributed by atoms with Crippen LogP contribution in [0, 0.1) is 10.1 Å². The third-order valence-electron chi connectivity index (χ3n) is 1.72. The molecule has 0 atom stereocenters. The van der Waals surface area contributed by atoms with Crippen molar-refractivity contribution in [3.8, 4) is 0 Å². The standard InChI is InChI=1S/C10H10ClNO4/c1-6(2)16-10(13)7-3-4-8(11)9(5-7)12(14)15/h3-6H,1-2H3. The third kappa shape index (κ3) is 2.93. The number of nitro benzene ring substituents is 1. The van der Waals surface area contributed by atoms with Gasteiger partial charge in [0.1, 0.15) is 5.02 Å². The van der Waals surface area contributed by atoms with Crippen LogP contribution in [0.5, 0.6) is 0 Å². The number of nitrogens with zero attached hydrogens (tertiary/aromatic N) is 1. The summed E-state index contributed by atoms with van der Waals surface area (Å²) >= 11 is 5.61. The van der Waals surface area contributed by atoms with Gasteiger partial charge in [-0.05, 0) is 26.0 Å². The lowest BCUT2D eigenvalue weighted by Crippen LogP contribution is -2.11. The average molecular weight is 244 g/mol. The van der Waals surface area contributed by atoms with Gasteiger partial charge < -0.3 is 4.74 Å². The van der Waals surface area contributed by atoms with E-state index in [9.17, 15) is 14.9 Å². The lowest BCUT2D eigenvalue weighted by atomic mass is 10.2. The van der Waals surface area contributed by atoms with E-state index in [2.05, 4.69) is 0 Å². The Bertz CT molecular complexity index is 431. The maximum Gasteiger partial charge on any atom is 0.338 e. The number of benzene rings is 1. The first-order valence-electron chi connectivity index (χ1n) is 4.56. The number of halogens is 1. The van der Waals surface area contributed by atoms with Crippen LogP contribution in [0.15, 0.2) is 18.2 Å². The Morgan fingerprint density at radius 3 is 2.62 bits per heavy atom. The molecule has 0 radical (unpaired) electrons. The van der Waals surface area contributed by atoms with Crippen LogP contribution in [-0.2, 0) is 4.74 Å². The van der Waals surface area contributed by atoms with Crippen molar-refractivity contribution in [2.24, 2.45) is 0 Å². The fourth-order valence-electron chi connectivity index (χ4n) is 1.06. The van der Waals surface area contributed by atoms with Gasteiger partial charge in [-0.1, -0.05) is 11.6 Å². The second-order valence-corrected chi connectivity index (χ2v) is 3.78. The van der Waals surface area contributed by atoms with Crippen LogP contribution in [0.1, 0.15) is 24.2 Å². The molecule has 0 spiro atoms. The first-order valence-corrected chi connectivity index (χ1v) is 4.94. The average Bonchev–Trinajstić information content (AvgIpc) is 2.16. The number of esters is 1. The van der Waals surface area contributed by atoms with E-state index in [-0.39, 0.29) is 22.4 Å². The Morgan fingerprint density at radius 2 is 2.12 bits per heavy atom. The van der Waals surface area contributed by atoms with Crippen molar-refractivity contribution in [2.75, 3.05) is 0 Å². The van der Waals surface area contributed by atoms with Crippen LogP contribution >= 0.6 is 11.6 Å². The van der Waals surface area contributed by atoms with Crippen molar-refractivity contribution in [3.63, 3.8) is 0 Å². The van der Waals surface area contributed by atoms with E-state index < -0.39 is 10.9 Å². The molecule has 1 aromatic rings. The summed E-state index contributed by atoms with van der Waals surface area (Å²) in [5.41, 5.74) is -0.190. The molecule has 16 heavy (non-hydrogen) atoms. The van der Waals surface area contributed by atoms with Gasteiger partial charge in [-0.3, -0.25) is 10.1 Å². The maximum atomic E-state index is 11.5. The lowest BCUT2D eigenvalue weighted by molar-refractivity contribution is -0.384. The number of hydrogen-bond acceptors (Lipinski definition) is 4. The quantitative estimate of drug-likeness (QED) is 0.465. The first-order chi connectivity index (χ1) is 7.41. The van der Waals surface area contributed by atoms with Crippen molar-refractivity contribution >= 4 is 23.3 Å². The molecule has 0 amide bonds. The summed E-state index contributed by atoms with van der Waals surface area (Å²) in [6.07, 6.45) is -0.276. The van der Waals surface area contributed by atoms with Gasteiger partial charge in [0.05, 0.1) is 16.6 Å². The van der Waals surface area contributed by atoms with Gasteiger partial charge in [0.2, 0.25) is 0 Å². The molecular formula is C10H10ClNO4. The van der Waals surface area contributed by atoms with E-state index in [1.54, 1.807) is 13.8 Å². The normalized spacial score (nSPS) is 10.2. The van der Waals surface area contributed by atoms with Crippen molar-refractivity contribution in [1.29, 1.82) is 0 Å². The second kappa shape index (κ2) is 4.94. The second-order valence-electron chi connectivity index (χ2n) is 3.38. The molecule has 0 N–H and O–H groups in total. The van der Waals surface area contributed by atoms with E-state index >= 15 is 0 Å². The Labute approximate surface area is 97.1 Å². The van der Waals surface area contributed by atoms with Crippen molar-refractivity contribution in [2.45, 2.75) is 20.0 Å². The van der Waals surface area contributed by atoms with Crippen LogP contribution in [0.3, 0.4) is 0 Å². The van der Waals surface area contributed by atoms with Gasteiger partial charge >= 0.3 is 5.97 Å². The highest BCUT2D eigenvalue weighted by molar-refractivity contribution is 6.32. The van der Waals surface area contributed by atoms with Gasteiger partial charge in [0, 0.05) is 6.07 Å². The smallest absolute Gasteiger partial charge is 0.338 e.